The molecule has 0 atom stereocenters. The Hall–Kier alpha value is -2.80. The number of aromatic nitrogens is 1. The van der Waals surface area contributed by atoms with Crippen LogP contribution < -0.4 is 4.74 Å². The fourth-order valence-electron chi connectivity index (χ4n) is 3.28. The summed E-state index contributed by atoms with van der Waals surface area (Å²) in [6.07, 6.45) is 0.0473. The Morgan fingerprint density at radius 3 is 2.20 bits per heavy atom. The third kappa shape index (κ3) is 4.36. The predicted molar refractivity (Wildman–Crippen MR) is 119 cm³/mol. The van der Waals surface area contributed by atoms with E-state index in [0.29, 0.717) is 16.6 Å². The summed E-state index contributed by atoms with van der Waals surface area (Å²) < 4.78 is 18.8. The lowest BCUT2D eigenvalue weighted by Crippen LogP contribution is -2.16. The number of rotatable bonds is 7. The summed E-state index contributed by atoms with van der Waals surface area (Å²) in [5.41, 5.74) is 1.73. The average molecular weight is 474 g/mol. The molecular formula is C23H24BrNO5. The van der Waals surface area contributed by atoms with Crippen LogP contribution in [0.4, 0.5) is 0 Å². The zero-order valence-electron chi connectivity index (χ0n) is 17.4. The molecule has 1 heterocycles. The number of nitrogens with zero attached hydrogens (tertiary/aromatic N) is 1. The topological polar surface area (TPSA) is 66.8 Å². The van der Waals surface area contributed by atoms with Crippen LogP contribution in [-0.2, 0) is 9.47 Å². The van der Waals surface area contributed by atoms with Crippen LogP contribution in [0.15, 0.2) is 46.9 Å². The Morgan fingerprint density at radius 1 is 0.967 bits per heavy atom. The second-order valence-corrected chi connectivity index (χ2v) is 7.74. The number of carbonyl (C=O) groups excluding carboxylic acids is 2. The monoisotopic (exact) mass is 473 g/mol. The molecule has 1 aromatic heterocycles. The lowest BCUT2D eigenvalue weighted by atomic mass is 10.1. The number of ether oxygens (including phenoxy) is 3. The first kappa shape index (κ1) is 21.9. The van der Waals surface area contributed by atoms with Gasteiger partial charge in [-0.2, -0.15) is 0 Å². The maximum absolute atomic E-state index is 12.9. The quantitative estimate of drug-likeness (QED) is 0.421. The van der Waals surface area contributed by atoms with Crippen molar-refractivity contribution < 1.29 is 23.8 Å². The molecule has 0 aliphatic heterocycles. The van der Waals surface area contributed by atoms with Gasteiger partial charge in [-0.3, -0.25) is 0 Å². The number of esters is 2. The number of benzene rings is 2. The standard InChI is InChI=1S/C23H24BrNO5/c1-5-28-22(26)20-18-13-15(24)7-12-19(18)25(21(20)23(27)29-6-2)16-8-10-17(11-9-16)30-14(3)4/h7-14H,5-6H2,1-4H3. The summed E-state index contributed by atoms with van der Waals surface area (Å²) in [5.74, 6) is -0.436. The van der Waals surface area contributed by atoms with E-state index < -0.39 is 11.9 Å². The second kappa shape index (κ2) is 9.34. The zero-order chi connectivity index (χ0) is 21.8. The van der Waals surface area contributed by atoms with E-state index in [9.17, 15) is 9.59 Å². The highest BCUT2D eigenvalue weighted by Crippen LogP contribution is 2.33. The van der Waals surface area contributed by atoms with Crippen LogP contribution in [0.1, 0.15) is 48.5 Å². The van der Waals surface area contributed by atoms with Crippen LogP contribution in [0.3, 0.4) is 0 Å². The molecule has 0 spiro atoms. The van der Waals surface area contributed by atoms with Gasteiger partial charge in [0.1, 0.15) is 17.0 Å². The number of halogens is 1. The van der Waals surface area contributed by atoms with Gasteiger partial charge >= 0.3 is 11.9 Å². The van der Waals surface area contributed by atoms with Crippen molar-refractivity contribution in [2.75, 3.05) is 13.2 Å². The molecule has 0 radical (unpaired) electrons. The molecule has 0 amide bonds. The van der Waals surface area contributed by atoms with Gasteiger partial charge in [-0.15, -0.1) is 0 Å². The predicted octanol–water partition coefficient (Wildman–Crippen LogP) is 5.53. The normalized spacial score (nSPS) is 11.0. The lowest BCUT2D eigenvalue weighted by molar-refractivity contribution is 0.0474. The van der Waals surface area contributed by atoms with E-state index in [2.05, 4.69) is 15.9 Å². The summed E-state index contributed by atoms with van der Waals surface area (Å²) in [6.45, 7) is 7.75. The molecular weight excluding hydrogens is 450 g/mol. The van der Waals surface area contributed by atoms with E-state index in [1.807, 2.05) is 50.2 Å². The molecule has 3 aromatic rings. The summed E-state index contributed by atoms with van der Waals surface area (Å²) in [5, 5.41) is 0.605. The molecule has 0 aliphatic rings. The van der Waals surface area contributed by atoms with Crippen LogP contribution in [0.5, 0.6) is 5.75 Å². The Kier molecular flexibility index (Phi) is 6.82. The van der Waals surface area contributed by atoms with Gasteiger partial charge in [0.15, 0.2) is 0 Å². The summed E-state index contributed by atoms with van der Waals surface area (Å²) in [7, 11) is 0. The van der Waals surface area contributed by atoms with Crippen LogP contribution in [0.25, 0.3) is 16.6 Å². The molecule has 158 valence electrons. The fraction of sp³-hybridized carbons (Fsp3) is 0.304. The first-order valence-electron chi connectivity index (χ1n) is 9.82. The van der Waals surface area contributed by atoms with Gasteiger partial charge in [0.05, 0.1) is 24.8 Å². The van der Waals surface area contributed by atoms with Crippen LogP contribution in [-0.4, -0.2) is 35.8 Å². The van der Waals surface area contributed by atoms with Crippen molar-refractivity contribution >= 4 is 38.8 Å². The highest BCUT2D eigenvalue weighted by molar-refractivity contribution is 9.10. The van der Waals surface area contributed by atoms with E-state index in [0.717, 1.165) is 10.2 Å². The average Bonchev–Trinajstić information content (AvgIpc) is 3.03. The summed E-state index contributed by atoms with van der Waals surface area (Å²) >= 11 is 3.45. The molecule has 0 bridgehead atoms. The Morgan fingerprint density at radius 2 is 1.60 bits per heavy atom. The largest absolute Gasteiger partial charge is 0.491 e. The molecule has 0 N–H and O–H groups in total. The summed E-state index contributed by atoms with van der Waals surface area (Å²) in [6, 6.07) is 12.9. The Bertz CT molecular complexity index is 1070. The number of fused-ring (bicyclic) bond motifs is 1. The third-order valence-corrected chi connectivity index (χ3v) is 4.84. The molecule has 7 heteroatoms. The molecule has 0 saturated carbocycles. The minimum Gasteiger partial charge on any atom is -0.491 e. The van der Waals surface area contributed by atoms with Gasteiger partial charge in [-0.05, 0) is 70.2 Å². The van der Waals surface area contributed by atoms with Crippen molar-refractivity contribution in [3.63, 3.8) is 0 Å². The smallest absolute Gasteiger partial charge is 0.356 e. The molecule has 0 saturated heterocycles. The first-order chi connectivity index (χ1) is 14.4. The van der Waals surface area contributed by atoms with Crippen molar-refractivity contribution in [1.29, 1.82) is 0 Å². The maximum atomic E-state index is 12.9. The van der Waals surface area contributed by atoms with Gasteiger partial charge in [0, 0.05) is 15.5 Å². The molecule has 0 aliphatic carbocycles. The number of carbonyl (C=O) groups is 2. The number of hydrogen-bond donors (Lipinski definition) is 0. The van der Waals surface area contributed by atoms with Gasteiger partial charge < -0.3 is 18.8 Å². The highest BCUT2D eigenvalue weighted by atomic mass is 79.9. The first-order valence-corrected chi connectivity index (χ1v) is 10.6. The molecule has 30 heavy (non-hydrogen) atoms. The minimum atomic E-state index is -0.588. The van der Waals surface area contributed by atoms with Crippen LogP contribution in [0, 0.1) is 0 Å². The Balaban J connectivity index is 2.30. The lowest BCUT2D eigenvalue weighted by Gasteiger charge is -2.13. The molecule has 3 rings (SSSR count). The molecule has 0 fully saturated rings. The van der Waals surface area contributed by atoms with E-state index in [4.69, 9.17) is 14.2 Å². The minimum absolute atomic E-state index is 0.0473. The van der Waals surface area contributed by atoms with Crippen molar-refractivity contribution in [3.05, 3.63) is 58.2 Å². The molecule has 0 unspecified atom stereocenters. The fourth-order valence-corrected chi connectivity index (χ4v) is 3.64. The van der Waals surface area contributed by atoms with E-state index in [-0.39, 0.29) is 30.6 Å². The Labute approximate surface area is 183 Å². The van der Waals surface area contributed by atoms with Gasteiger partial charge in [0.25, 0.3) is 0 Å². The summed E-state index contributed by atoms with van der Waals surface area (Å²) in [4.78, 5) is 25.8. The van der Waals surface area contributed by atoms with E-state index in [1.54, 1.807) is 24.5 Å². The maximum Gasteiger partial charge on any atom is 0.356 e. The molecule has 6 nitrogen and oxygen atoms in total. The van der Waals surface area contributed by atoms with Crippen molar-refractivity contribution in [2.45, 2.75) is 33.8 Å². The second-order valence-electron chi connectivity index (χ2n) is 6.82. The van der Waals surface area contributed by atoms with Crippen LogP contribution >= 0.6 is 15.9 Å². The zero-order valence-corrected chi connectivity index (χ0v) is 19.0. The highest BCUT2D eigenvalue weighted by Gasteiger charge is 2.30. The SMILES string of the molecule is CCOC(=O)c1c(C(=O)OCC)n(-c2ccc(OC(C)C)cc2)c2ccc(Br)cc12. The van der Waals surface area contributed by atoms with Gasteiger partial charge in [-0.25, -0.2) is 9.59 Å². The molecule has 2 aromatic carbocycles. The third-order valence-electron chi connectivity index (χ3n) is 4.34. The van der Waals surface area contributed by atoms with E-state index in [1.165, 1.54) is 0 Å². The van der Waals surface area contributed by atoms with E-state index >= 15 is 0 Å². The van der Waals surface area contributed by atoms with Gasteiger partial charge in [0.2, 0.25) is 0 Å². The van der Waals surface area contributed by atoms with Crippen LogP contribution in [0.2, 0.25) is 0 Å². The van der Waals surface area contributed by atoms with Crippen molar-refractivity contribution in [2.24, 2.45) is 0 Å². The number of hydrogen-bond acceptors (Lipinski definition) is 5. The van der Waals surface area contributed by atoms with Crippen molar-refractivity contribution in [1.82, 2.24) is 4.57 Å². The van der Waals surface area contributed by atoms with Gasteiger partial charge in [-0.1, -0.05) is 15.9 Å². The van der Waals surface area contributed by atoms with Crippen molar-refractivity contribution in [3.8, 4) is 11.4 Å².